The van der Waals surface area contributed by atoms with Crippen LogP contribution in [0.1, 0.15) is 19.3 Å². The number of hydrogen-bond acceptors (Lipinski definition) is 2. The van der Waals surface area contributed by atoms with Crippen molar-refractivity contribution in [2.45, 2.75) is 31.3 Å². The van der Waals surface area contributed by atoms with E-state index in [1.165, 1.54) is 25.0 Å². The molecule has 1 heterocycles. The summed E-state index contributed by atoms with van der Waals surface area (Å²) in [6, 6.07) is 5.16. The van der Waals surface area contributed by atoms with Gasteiger partial charge in [-0.3, -0.25) is 0 Å². The van der Waals surface area contributed by atoms with Crippen LogP contribution in [0.2, 0.25) is 0 Å². The van der Waals surface area contributed by atoms with Crippen molar-refractivity contribution in [3.8, 4) is 0 Å². The smallest absolute Gasteiger partial charge is 0.160 e. The summed E-state index contributed by atoms with van der Waals surface area (Å²) in [5.74, 6) is -1.53. The van der Waals surface area contributed by atoms with E-state index in [1.807, 2.05) is 0 Å². The molecular weight excluding hydrogens is 222 g/mol. The van der Waals surface area contributed by atoms with Crippen LogP contribution in [0.25, 0.3) is 0 Å². The Hall–Kier alpha value is -1.16. The zero-order valence-corrected chi connectivity index (χ0v) is 9.63. The highest BCUT2D eigenvalue weighted by molar-refractivity contribution is 5.49. The highest BCUT2D eigenvalue weighted by Crippen LogP contribution is 2.31. The number of halogens is 2. The van der Waals surface area contributed by atoms with E-state index in [9.17, 15) is 8.78 Å². The monoisotopic (exact) mass is 238 g/mol. The first kappa shape index (κ1) is 11.0. The summed E-state index contributed by atoms with van der Waals surface area (Å²) in [5, 5.41) is 3.50. The largest absolute Gasteiger partial charge is 0.366 e. The molecule has 17 heavy (non-hydrogen) atoms. The lowest BCUT2D eigenvalue weighted by molar-refractivity contribution is 0.403. The van der Waals surface area contributed by atoms with Gasteiger partial charge in [-0.25, -0.2) is 8.78 Å². The third-order valence-electron chi connectivity index (χ3n) is 3.87. The van der Waals surface area contributed by atoms with Crippen LogP contribution in [0.15, 0.2) is 18.2 Å². The molecule has 1 saturated carbocycles. The van der Waals surface area contributed by atoms with Gasteiger partial charge in [-0.1, -0.05) is 0 Å². The molecular formula is C13H16F2N2. The maximum atomic E-state index is 13.3. The number of benzene rings is 1. The van der Waals surface area contributed by atoms with E-state index in [2.05, 4.69) is 10.2 Å². The minimum absolute atomic E-state index is 0.439. The van der Waals surface area contributed by atoms with Gasteiger partial charge in [-0.05, 0) is 31.4 Å². The second-order valence-electron chi connectivity index (χ2n) is 4.85. The van der Waals surface area contributed by atoms with Crippen LogP contribution < -0.4 is 10.2 Å². The van der Waals surface area contributed by atoms with Crippen LogP contribution in [0.4, 0.5) is 14.5 Å². The summed E-state index contributed by atoms with van der Waals surface area (Å²) in [6.07, 6.45) is 3.53. The van der Waals surface area contributed by atoms with Crippen LogP contribution >= 0.6 is 0 Å². The first-order valence-electron chi connectivity index (χ1n) is 6.21. The predicted molar refractivity (Wildman–Crippen MR) is 63.1 cm³/mol. The summed E-state index contributed by atoms with van der Waals surface area (Å²) < 4.78 is 26.2. The van der Waals surface area contributed by atoms with Crippen molar-refractivity contribution in [3.63, 3.8) is 0 Å². The van der Waals surface area contributed by atoms with E-state index in [1.54, 1.807) is 6.07 Å². The van der Waals surface area contributed by atoms with E-state index in [0.717, 1.165) is 25.2 Å². The van der Waals surface area contributed by atoms with Gasteiger partial charge in [0.15, 0.2) is 11.6 Å². The second-order valence-corrected chi connectivity index (χ2v) is 4.85. The SMILES string of the molecule is Fc1ccc(N2CCN[C@@H]3CCC[C@@H]32)cc1F. The Labute approximate surface area is 99.6 Å². The lowest BCUT2D eigenvalue weighted by Crippen LogP contribution is -2.55. The van der Waals surface area contributed by atoms with Crippen molar-refractivity contribution in [1.82, 2.24) is 5.32 Å². The second kappa shape index (κ2) is 4.26. The molecule has 1 aromatic carbocycles. The first-order chi connectivity index (χ1) is 8.25. The molecule has 3 rings (SSSR count). The molecule has 2 atom stereocenters. The van der Waals surface area contributed by atoms with Gasteiger partial charge in [0.05, 0.1) is 0 Å². The number of nitrogens with one attached hydrogen (secondary N) is 1. The number of nitrogens with zero attached hydrogens (tertiary/aromatic N) is 1. The fourth-order valence-corrected chi connectivity index (χ4v) is 3.07. The molecule has 2 fully saturated rings. The van der Waals surface area contributed by atoms with Crippen LogP contribution in [-0.2, 0) is 0 Å². The molecule has 1 saturated heterocycles. The molecule has 0 radical (unpaired) electrons. The fourth-order valence-electron chi connectivity index (χ4n) is 3.07. The molecule has 0 amide bonds. The Morgan fingerprint density at radius 1 is 1.18 bits per heavy atom. The van der Waals surface area contributed by atoms with Gasteiger partial charge in [0.1, 0.15) is 0 Å². The van der Waals surface area contributed by atoms with Crippen molar-refractivity contribution < 1.29 is 8.78 Å². The van der Waals surface area contributed by atoms with Gasteiger partial charge in [-0.15, -0.1) is 0 Å². The quantitative estimate of drug-likeness (QED) is 0.807. The van der Waals surface area contributed by atoms with Gasteiger partial charge in [-0.2, -0.15) is 0 Å². The molecule has 0 unspecified atom stereocenters. The topological polar surface area (TPSA) is 15.3 Å². The molecule has 0 bridgehead atoms. The normalized spacial score (nSPS) is 28.2. The van der Waals surface area contributed by atoms with Gasteiger partial charge >= 0.3 is 0 Å². The summed E-state index contributed by atoms with van der Waals surface area (Å²) in [7, 11) is 0. The third kappa shape index (κ3) is 1.90. The van der Waals surface area contributed by atoms with E-state index in [0.29, 0.717) is 12.1 Å². The molecule has 0 spiro atoms. The Balaban J connectivity index is 1.89. The summed E-state index contributed by atoms with van der Waals surface area (Å²) >= 11 is 0. The summed E-state index contributed by atoms with van der Waals surface area (Å²) in [4.78, 5) is 2.22. The molecule has 92 valence electrons. The van der Waals surface area contributed by atoms with Crippen molar-refractivity contribution in [1.29, 1.82) is 0 Å². The number of rotatable bonds is 1. The maximum Gasteiger partial charge on any atom is 0.160 e. The third-order valence-corrected chi connectivity index (χ3v) is 3.87. The van der Waals surface area contributed by atoms with Gasteiger partial charge < -0.3 is 10.2 Å². The molecule has 1 N–H and O–H groups in total. The van der Waals surface area contributed by atoms with E-state index in [-0.39, 0.29) is 0 Å². The van der Waals surface area contributed by atoms with Gasteiger partial charge in [0.2, 0.25) is 0 Å². The molecule has 1 aliphatic carbocycles. The van der Waals surface area contributed by atoms with Gasteiger partial charge in [0, 0.05) is 36.9 Å². The number of anilines is 1. The zero-order valence-electron chi connectivity index (χ0n) is 9.63. The maximum absolute atomic E-state index is 13.3. The Kier molecular flexibility index (Phi) is 2.74. The number of fused-ring (bicyclic) bond motifs is 1. The van der Waals surface area contributed by atoms with Crippen LogP contribution in [-0.4, -0.2) is 25.2 Å². The predicted octanol–water partition coefficient (Wildman–Crippen LogP) is 2.30. The van der Waals surface area contributed by atoms with Crippen molar-refractivity contribution in [3.05, 3.63) is 29.8 Å². The highest BCUT2D eigenvalue weighted by atomic mass is 19.2. The standard InChI is InChI=1S/C13H16F2N2/c14-10-5-4-9(8-11(10)15)17-7-6-16-12-2-1-3-13(12)17/h4-5,8,12-13,16H,1-3,6-7H2/t12-,13+/m1/s1. The lowest BCUT2D eigenvalue weighted by atomic mass is 10.1. The molecule has 1 aliphatic heterocycles. The summed E-state index contributed by atoms with van der Waals surface area (Å²) in [6.45, 7) is 1.78. The van der Waals surface area contributed by atoms with Crippen LogP contribution in [0.3, 0.4) is 0 Å². The minimum Gasteiger partial charge on any atom is -0.366 e. The Morgan fingerprint density at radius 2 is 2.06 bits per heavy atom. The average molecular weight is 238 g/mol. The van der Waals surface area contributed by atoms with Crippen LogP contribution in [0.5, 0.6) is 0 Å². The number of hydrogen-bond donors (Lipinski definition) is 1. The van der Waals surface area contributed by atoms with E-state index >= 15 is 0 Å². The fraction of sp³-hybridized carbons (Fsp3) is 0.538. The number of piperazine rings is 1. The molecule has 2 aliphatic rings. The average Bonchev–Trinajstić information content (AvgIpc) is 2.80. The van der Waals surface area contributed by atoms with E-state index in [4.69, 9.17) is 0 Å². The zero-order chi connectivity index (χ0) is 11.8. The van der Waals surface area contributed by atoms with Crippen molar-refractivity contribution in [2.24, 2.45) is 0 Å². The Morgan fingerprint density at radius 3 is 2.88 bits per heavy atom. The summed E-state index contributed by atoms with van der Waals surface area (Å²) in [5.41, 5.74) is 0.808. The molecule has 2 nitrogen and oxygen atoms in total. The molecule has 4 heteroatoms. The van der Waals surface area contributed by atoms with Crippen molar-refractivity contribution in [2.75, 3.05) is 18.0 Å². The van der Waals surface area contributed by atoms with Crippen LogP contribution in [0, 0.1) is 11.6 Å². The minimum atomic E-state index is -0.771. The van der Waals surface area contributed by atoms with Crippen molar-refractivity contribution >= 4 is 5.69 Å². The van der Waals surface area contributed by atoms with Gasteiger partial charge in [0.25, 0.3) is 0 Å². The molecule has 0 aromatic heterocycles. The highest BCUT2D eigenvalue weighted by Gasteiger charge is 2.35. The lowest BCUT2D eigenvalue weighted by Gasteiger charge is -2.40. The Bertz CT molecular complexity index is 422. The molecule has 1 aromatic rings. The first-order valence-corrected chi connectivity index (χ1v) is 6.21. The van der Waals surface area contributed by atoms with E-state index < -0.39 is 11.6 Å².